The number of carbonyl (C=O) groups excluding carboxylic acids is 2. The highest BCUT2D eigenvalue weighted by atomic mass is 32.2. The van der Waals surface area contributed by atoms with Gasteiger partial charge in [0.05, 0.1) is 11.5 Å². The standard InChI is InChI=1S/C31H44O7S/c1-19-6-9-25(10-7-19)39(34,35)36-18-22-16-28-26-11-8-23-17-24(37-20(2)32)12-14-30(23,4)27(26)13-15-31(28,5)29(22)38-21(3)33/h6-7,9-10,22-24,26-29H,8,11-18H2,1-5H3/t22-,23+,24+,26-,27+,28+,29+,30+,31+/m1/s1. The van der Waals surface area contributed by atoms with E-state index in [1.54, 1.807) is 24.3 Å². The fourth-order valence-corrected chi connectivity index (χ4v) is 10.2. The van der Waals surface area contributed by atoms with Crippen molar-refractivity contribution in [2.75, 3.05) is 6.61 Å². The molecule has 1 aromatic rings. The van der Waals surface area contributed by atoms with Gasteiger partial charge in [-0.15, -0.1) is 0 Å². The Morgan fingerprint density at radius 3 is 2.21 bits per heavy atom. The van der Waals surface area contributed by atoms with Crippen molar-refractivity contribution in [3.8, 4) is 0 Å². The molecule has 216 valence electrons. The van der Waals surface area contributed by atoms with E-state index in [0.717, 1.165) is 56.9 Å². The second-order valence-corrected chi connectivity index (χ2v) is 14.9. The van der Waals surface area contributed by atoms with Crippen LogP contribution in [-0.2, 0) is 33.4 Å². The van der Waals surface area contributed by atoms with Crippen LogP contribution in [0, 0.1) is 47.3 Å². The number of carbonyl (C=O) groups is 2. The first-order chi connectivity index (χ1) is 18.3. The zero-order valence-electron chi connectivity index (χ0n) is 24.0. The molecule has 9 atom stereocenters. The average molecular weight is 561 g/mol. The van der Waals surface area contributed by atoms with Gasteiger partial charge in [-0.25, -0.2) is 0 Å². The van der Waals surface area contributed by atoms with Gasteiger partial charge in [-0.1, -0.05) is 31.5 Å². The van der Waals surface area contributed by atoms with Gasteiger partial charge in [0.2, 0.25) is 0 Å². The molecule has 0 saturated heterocycles. The van der Waals surface area contributed by atoms with Gasteiger partial charge in [0.25, 0.3) is 10.1 Å². The predicted octanol–water partition coefficient (Wildman–Crippen LogP) is 5.83. The summed E-state index contributed by atoms with van der Waals surface area (Å²) in [5.41, 5.74) is 0.989. The Morgan fingerprint density at radius 2 is 1.54 bits per heavy atom. The summed E-state index contributed by atoms with van der Waals surface area (Å²) in [6, 6.07) is 6.67. The molecule has 5 rings (SSSR count). The Labute approximate surface area is 233 Å². The first-order valence-electron chi connectivity index (χ1n) is 14.6. The summed E-state index contributed by atoms with van der Waals surface area (Å²) in [6.07, 6.45) is 7.66. The van der Waals surface area contributed by atoms with Crippen LogP contribution in [0.2, 0.25) is 0 Å². The molecule has 0 amide bonds. The molecule has 0 aliphatic heterocycles. The molecule has 0 N–H and O–H groups in total. The minimum absolute atomic E-state index is 0.0155. The van der Waals surface area contributed by atoms with Crippen LogP contribution in [0.1, 0.15) is 84.6 Å². The molecular weight excluding hydrogens is 516 g/mol. The van der Waals surface area contributed by atoms with E-state index in [0.29, 0.717) is 23.7 Å². The maximum Gasteiger partial charge on any atom is 0.302 e. The highest BCUT2D eigenvalue weighted by molar-refractivity contribution is 7.86. The fraction of sp³-hybridized carbons (Fsp3) is 0.742. The molecule has 0 heterocycles. The lowest BCUT2D eigenvalue weighted by atomic mass is 9.45. The van der Waals surface area contributed by atoms with Crippen molar-refractivity contribution >= 4 is 22.1 Å². The Balaban J connectivity index is 1.35. The quantitative estimate of drug-likeness (QED) is 0.319. The van der Waals surface area contributed by atoms with Crippen molar-refractivity contribution in [1.82, 2.24) is 0 Å². The number of rotatable bonds is 6. The van der Waals surface area contributed by atoms with Gasteiger partial charge in [-0.2, -0.15) is 8.42 Å². The molecule has 4 aliphatic carbocycles. The second-order valence-electron chi connectivity index (χ2n) is 13.3. The highest BCUT2D eigenvalue weighted by Gasteiger charge is 2.63. The summed E-state index contributed by atoms with van der Waals surface area (Å²) in [5.74, 6) is 1.29. The summed E-state index contributed by atoms with van der Waals surface area (Å²) in [7, 11) is -3.91. The van der Waals surface area contributed by atoms with Crippen LogP contribution in [0.4, 0.5) is 0 Å². The monoisotopic (exact) mass is 560 g/mol. The van der Waals surface area contributed by atoms with E-state index in [1.807, 2.05) is 6.92 Å². The lowest BCUT2D eigenvalue weighted by Crippen LogP contribution is -2.55. The van der Waals surface area contributed by atoms with Crippen molar-refractivity contribution in [2.24, 2.45) is 40.4 Å². The van der Waals surface area contributed by atoms with Gasteiger partial charge in [0.1, 0.15) is 12.2 Å². The summed E-state index contributed by atoms with van der Waals surface area (Å²) < 4.78 is 43.2. The van der Waals surface area contributed by atoms with Gasteiger partial charge in [-0.05, 0) is 99.5 Å². The van der Waals surface area contributed by atoms with Crippen LogP contribution in [0.15, 0.2) is 29.2 Å². The number of fused-ring (bicyclic) bond motifs is 5. The van der Waals surface area contributed by atoms with Crippen molar-refractivity contribution in [2.45, 2.75) is 103 Å². The topological polar surface area (TPSA) is 96.0 Å². The van der Waals surface area contributed by atoms with E-state index in [9.17, 15) is 18.0 Å². The summed E-state index contributed by atoms with van der Waals surface area (Å²) in [6.45, 7) is 9.57. The Kier molecular flexibility index (Phi) is 7.68. The molecule has 0 spiro atoms. The smallest absolute Gasteiger partial charge is 0.302 e. The number of hydrogen-bond donors (Lipinski definition) is 0. The van der Waals surface area contributed by atoms with E-state index in [-0.39, 0.29) is 52.4 Å². The van der Waals surface area contributed by atoms with E-state index in [1.165, 1.54) is 13.8 Å². The number of benzene rings is 1. The molecule has 0 unspecified atom stereocenters. The predicted molar refractivity (Wildman–Crippen MR) is 146 cm³/mol. The first kappa shape index (κ1) is 28.6. The summed E-state index contributed by atoms with van der Waals surface area (Å²) in [5, 5.41) is 0. The SMILES string of the molecule is CC(=O)O[C@H]1CC[C@@]2(C)[C@@H](CC[C@@H]3[C@@H]2CC[C@@]2(C)[C@H]3C[C@H](COS(=O)(=O)c3ccc(C)cc3)[C@@H]2OC(C)=O)C1. The molecule has 4 saturated carbocycles. The molecule has 4 fully saturated rings. The number of hydrogen-bond acceptors (Lipinski definition) is 7. The van der Waals surface area contributed by atoms with Crippen LogP contribution in [0.3, 0.4) is 0 Å². The van der Waals surface area contributed by atoms with Crippen molar-refractivity contribution < 1.29 is 31.7 Å². The van der Waals surface area contributed by atoms with Crippen molar-refractivity contribution in [3.05, 3.63) is 29.8 Å². The molecule has 0 bridgehead atoms. The Bertz CT molecular complexity index is 1190. The highest BCUT2D eigenvalue weighted by Crippen LogP contribution is 2.67. The van der Waals surface area contributed by atoms with Crippen LogP contribution in [0.25, 0.3) is 0 Å². The molecule has 1 aromatic carbocycles. The van der Waals surface area contributed by atoms with Crippen LogP contribution in [0.5, 0.6) is 0 Å². The maximum absolute atomic E-state index is 13.0. The van der Waals surface area contributed by atoms with E-state index in [2.05, 4.69) is 13.8 Å². The minimum atomic E-state index is -3.91. The maximum atomic E-state index is 13.0. The van der Waals surface area contributed by atoms with Gasteiger partial charge in [0.15, 0.2) is 0 Å². The van der Waals surface area contributed by atoms with Crippen molar-refractivity contribution in [1.29, 1.82) is 0 Å². The van der Waals surface area contributed by atoms with Crippen molar-refractivity contribution in [3.63, 3.8) is 0 Å². The second kappa shape index (κ2) is 10.5. The van der Waals surface area contributed by atoms with Crippen LogP contribution in [-0.4, -0.2) is 39.2 Å². The molecular formula is C31H44O7S. The van der Waals surface area contributed by atoms with E-state index < -0.39 is 10.1 Å². The fourth-order valence-electron chi connectivity index (χ4n) is 9.21. The molecule has 0 aromatic heterocycles. The minimum Gasteiger partial charge on any atom is -0.463 e. The number of aryl methyl sites for hydroxylation is 1. The molecule has 39 heavy (non-hydrogen) atoms. The Hall–Kier alpha value is -1.93. The van der Waals surface area contributed by atoms with Gasteiger partial charge in [-0.3, -0.25) is 13.8 Å². The normalized spacial score (nSPS) is 39.7. The lowest BCUT2D eigenvalue weighted by molar-refractivity contribution is -0.169. The zero-order chi connectivity index (χ0) is 28.2. The summed E-state index contributed by atoms with van der Waals surface area (Å²) in [4.78, 5) is 24.0. The third-order valence-corrected chi connectivity index (χ3v) is 12.4. The van der Waals surface area contributed by atoms with Crippen LogP contribution < -0.4 is 0 Å². The first-order valence-corrected chi connectivity index (χ1v) is 16.0. The third-order valence-electron chi connectivity index (χ3n) is 11.1. The molecule has 4 aliphatic rings. The summed E-state index contributed by atoms with van der Waals surface area (Å²) >= 11 is 0. The van der Waals surface area contributed by atoms with E-state index >= 15 is 0 Å². The molecule has 8 heteroatoms. The third kappa shape index (κ3) is 5.28. The zero-order valence-corrected chi connectivity index (χ0v) is 24.8. The Morgan fingerprint density at radius 1 is 0.872 bits per heavy atom. The number of esters is 2. The van der Waals surface area contributed by atoms with E-state index in [4.69, 9.17) is 13.7 Å². The van der Waals surface area contributed by atoms with Gasteiger partial charge < -0.3 is 9.47 Å². The molecule has 7 nitrogen and oxygen atoms in total. The molecule has 0 radical (unpaired) electrons. The van der Waals surface area contributed by atoms with Gasteiger partial charge >= 0.3 is 11.9 Å². The largest absolute Gasteiger partial charge is 0.463 e. The number of ether oxygens (including phenoxy) is 2. The lowest BCUT2D eigenvalue weighted by Gasteiger charge is -2.60. The van der Waals surface area contributed by atoms with Gasteiger partial charge in [0, 0.05) is 25.2 Å². The van der Waals surface area contributed by atoms with Crippen LogP contribution >= 0.6 is 0 Å². The average Bonchev–Trinajstić information content (AvgIpc) is 3.14.